The molecule has 0 fully saturated rings. The summed E-state index contributed by atoms with van der Waals surface area (Å²) in [5.41, 5.74) is 0. The highest BCUT2D eigenvalue weighted by Crippen LogP contribution is 2.16. The number of allylic oxidation sites excluding steroid dienone is 16. The van der Waals surface area contributed by atoms with Crippen molar-refractivity contribution in [3.8, 4) is 0 Å². The number of esters is 3. The van der Waals surface area contributed by atoms with Crippen LogP contribution >= 0.6 is 0 Å². The lowest BCUT2D eigenvalue weighted by Gasteiger charge is -2.18. The second kappa shape index (κ2) is 62.9. The Bertz CT molecular complexity index is 1480. The quantitative estimate of drug-likeness (QED) is 0.0261. The van der Waals surface area contributed by atoms with Crippen LogP contribution in [0.15, 0.2) is 97.2 Å². The SMILES string of the molecule is CC/C=C\C/C=C\C/C=C\C/C=C\C/C=C\C/C=C\CCCCCCCCCCCCCCC(=O)OCC(COC(=O)CCCCCCCCC)OC(=O)CCCCCCCCCCC/C=C\C/C=C\CCCCC. The van der Waals surface area contributed by atoms with Crippen LogP contribution in [0.1, 0.15) is 303 Å². The normalized spacial score (nSPS) is 12.7. The highest BCUT2D eigenvalue weighted by Gasteiger charge is 2.19. The number of ether oxygens (including phenoxy) is 3. The molecule has 0 aromatic rings. The molecule has 0 N–H and O–H groups in total. The van der Waals surface area contributed by atoms with Gasteiger partial charge in [-0.15, -0.1) is 0 Å². The molecule has 0 aliphatic heterocycles. The molecule has 0 aromatic carbocycles. The maximum Gasteiger partial charge on any atom is 0.306 e. The number of carbonyl (C=O) groups is 3. The van der Waals surface area contributed by atoms with Crippen molar-refractivity contribution in [2.45, 2.75) is 309 Å². The summed E-state index contributed by atoms with van der Waals surface area (Å²) < 4.78 is 16.8. The van der Waals surface area contributed by atoms with E-state index in [0.29, 0.717) is 19.3 Å². The van der Waals surface area contributed by atoms with E-state index < -0.39 is 6.10 Å². The van der Waals surface area contributed by atoms with Crippen molar-refractivity contribution >= 4 is 17.9 Å². The number of rotatable bonds is 57. The van der Waals surface area contributed by atoms with Crippen LogP contribution in [0.3, 0.4) is 0 Å². The predicted octanol–water partition coefficient (Wildman–Crippen LogP) is 21.7. The molecule has 0 saturated heterocycles. The molecule has 75 heavy (non-hydrogen) atoms. The number of hydrogen-bond donors (Lipinski definition) is 0. The summed E-state index contributed by atoms with van der Waals surface area (Å²) in [6.45, 7) is 6.47. The van der Waals surface area contributed by atoms with Crippen LogP contribution in [0.5, 0.6) is 0 Å². The second-order valence-electron chi connectivity index (χ2n) is 20.9. The minimum absolute atomic E-state index is 0.0771. The molecular weight excluding hydrogens is 925 g/mol. The van der Waals surface area contributed by atoms with E-state index in [2.05, 4.69) is 118 Å². The highest BCUT2D eigenvalue weighted by molar-refractivity contribution is 5.71. The van der Waals surface area contributed by atoms with Gasteiger partial charge in [-0.1, -0.05) is 279 Å². The Labute approximate surface area is 464 Å². The Morgan fingerprint density at radius 3 is 0.840 bits per heavy atom. The molecule has 1 atom stereocenters. The van der Waals surface area contributed by atoms with Gasteiger partial charge in [0.1, 0.15) is 13.2 Å². The lowest BCUT2D eigenvalue weighted by molar-refractivity contribution is -0.167. The Balaban J connectivity index is 4.11. The fourth-order valence-electron chi connectivity index (χ4n) is 8.83. The molecule has 430 valence electrons. The van der Waals surface area contributed by atoms with Gasteiger partial charge in [0.2, 0.25) is 0 Å². The first-order chi connectivity index (χ1) is 37.0. The average molecular weight is 1040 g/mol. The summed E-state index contributed by atoms with van der Waals surface area (Å²) in [6, 6.07) is 0. The molecule has 0 amide bonds. The van der Waals surface area contributed by atoms with Crippen molar-refractivity contribution in [1.29, 1.82) is 0 Å². The monoisotopic (exact) mass is 1040 g/mol. The zero-order valence-corrected chi connectivity index (χ0v) is 49.3. The van der Waals surface area contributed by atoms with Gasteiger partial charge in [-0.25, -0.2) is 0 Å². The first-order valence-electron chi connectivity index (χ1n) is 31.7. The van der Waals surface area contributed by atoms with Crippen molar-refractivity contribution < 1.29 is 28.6 Å². The van der Waals surface area contributed by atoms with Gasteiger partial charge in [0.05, 0.1) is 0 Å². The third kappa shape index (κ3) is 61.1. The zero-order chi connectivity index (χ0) is 54.3. The van der Waals surface area contributed by atoms with E-state index in [1.54, 1.807) is 0 Å². The number of hydrogen-bond acceptors (Lipinski definition) is 6. The Kier molecular flexibility index (Phi) is 59.8. The van der Waals surface area contributed by atoms with Crippen molar-refractivity contribution in [1.82, 2.24) is 0 Å². The minimum Gasteiger partial charge on any atom is -0.462 e. The predicted molar refractivity (Wildman–Crippen MR) is 325 cm³/mol. The van der Waals surface area contributed by atoms with Gasteiger partial charge < -0.3 is 14.2 Å². The van der Waals surface area contributed by atoms with Gasteiger partial charge in [0.15, 0.2) is 6.10 Å². The maximum absolute atomic E-state index is 12.8. The maximum atomic E-state index is 12.8. The summed E-state index contributed by atoms with van der Waals surface area (Å²) >= 11 is 0. The Hall–Kier alpha value is -3.67. The van der Waals surface area contributed by atoms with Gasteiger partial charge in [-0.2, -0.15) is 0 Å². The van der Waals surface area contributed by atoms with Crippen LogP contribution in [0, 0.1) is 0 Å². The van der Waals surface area contributed by atoms with Gasteiger partial charge in [-0.3, -0.25) is 14.4 Å². The number of unbranched alkanes of at least 4 members (excludes halogenated alkanes) is 30. The molecular formula is C69H118O6. The van der Waals surface area contributed by atoms with E-state index >= 15 is 0 Å². The fraction of sp³-hybridized carbons (Fsp3) is 0.725. The van der Waals surface area contributed by atoms with Crippen molar-refractivity contribution in [2.75, 3.05) is 13.2 Å². The highest BCUT2D eigenvalue weighted by atomic mass is 16.6. The third-order valence-corrected chi connectivity index (χ3v) is 13.6. The molecule has 0 aromatic heterocycles. The summed E-state index contributed by atoms with van der Waals surface area (Å²) in [5, 5.41) is 0. The van der Waals surface area contributed by atoms with Crippen LogP contribution in [0.2, 0.25) is 0 Å². The van der Waals surface area contributed by atoms with Gasteiger partial charge >= 0.3 is 17.9 Å². The summed E-state index contributed by atoms with van der Waals surface area (Å²) in [6.07, 6.45) is 84.4. The summed E-state index contributed by atoms with van der Waals surface area (Å²) in [4.78, 5) is 38.1. The lowest BCUT2D eigenvalue weighted by Crippen LogP contribution is -2.30. The molecule has 0 rings (SSSR count). The summed E-state index contributed by atoms with van der Waals surface area (Å²) in [5.74, 6) is -0.882. The molecule has 0 spiro atoms. The first-order valence-corrected chi connectivity index (χ1v) is 31.7. The van der Waals surface area contributed by atoms with Crippen LogP contribution in [0.4, 0.5) is 0 Å². The van der Waals surface area contributed by atoms with Crippen molar-refractivity contribution in [3.05, 3.63) is 97.2 Å². The molecule has 1 unspecified atom stereocenters. The van der Waals surface area contributed by atoms with Gasteiger partial charge in [-0.05, 0) is 103 Å². The van der Waals surface area contributed by atoms with Crippen molar-refractivity contribution in [2.24, 2.45) is 0 Å². The molecule has 6 heteroatoms. The Morgan fingerprint density at radius 1 is 0.280 bits per heavy atom. The van der Waals surface area contributed by atoms with Crippen molar-refractivity contribution in [3.63, 3.8) is 0 Å². The number of carbonyl (C=O) groups excluding carboxylic acids is 3. The van der Waals surface area contributed by atoms with E-state index in [4.69, 9.17) is 14.2 Å². The molecule has 0 radical (unpaired) electrons. The zero-order valence-electron chi connectivity index (χ0n) is 49.3. The second-order valence-corrected chi connectivity index (χ2v) is 20.9. The average Bonchev–Trinajstić information content (AvgIpc) is 3.41. The Morgan fingerprint density at radius 2 is 0.520 bits per heavy atom. The van der Waals surface area contributed by atoms with Crippen LogP contribution in [-0.2, 0) is 28.6 Å². The van der Waals surface area contributed by atoms with Crippen LogP contribution in [0.25, 0.3) is 0 Å². The van der Waals surface area contributed by atoms with E-state index in [0.717, 1.165) is 103 Å². The van der Waals surface area contributed by atoms with E-state index in [1.807, 2.05) is 0 Å². The third-order valence-electron chi connectivity index (χ3n) is 13.6. The molecule has 0 aliphatic rings. The minimum atomic E-state index is -0.777. The molecule has 6 nitrogen and oxygen atoms in total. The van der Waals surface area contributed by atoms with E-state index in [1.165, 1.54) is 161 Å². The smallest absolute Gasteiger partial charge is 0.306 e. The molecule has 0 aliphatic carbocycles. The van der Waals surface area contributed by atoms with Gasteiger partial charge in [0, 0.05) is 19.3 Å². The molecule has 0 heterocycles. The lowest BCUT2D eigenvalue weighted by atomic mass is 10.0. The summed E-state index contributed by atoms with van der Waals surface area (Å²) in [7, 11) is 0. The van der Waals surface area contributed by atoms with Crippen LogP contribution < -0.4 is 0 Å². The fourth-order valence-corrected chi connectivity index (χ4v) is 8.83. The standard InChI is InChI=1S/C69H118O6/c1-4-7-10-13-16-18-20-22-24-26-28-29-30-31-32-33-34-35-36-37-38-39-41-42-44-46-48-50-53-56-59-62-68(71)74-65-66(64-73-67(70)61-58-55-52-15-12-9-6-3)75-69(72)63-60-57-54-51-49-47-45-43-40-27-25-23-21-19-17-14-11-8-5-2/h7,10,16-19,22-25,28-29,31-32,34-35,66H,4-6,8-9,11-15,20-21,26-27,30,33,36-65H2,1-3H3/b10-7-,18-16-,19-17-,24-22-,25-23-,29-28-,32-31-,35-34-. The molecule has 0 saturated carbocycles. The topological polar surface area (TPSA) is 78.9 Å². The largest absolute Gasteiger partial charge is 0.462 e. The van der Waals surface area contributed by atoms with E-state index in [9.17, 15) is 14.4 Å². The molecule has 0 bridgehead atoms. The van der Waals surface area contributed by atoms with E-state index in [-0.39, 0.29) is 31.1 Å². The van der Waals surface area contributed by atoms with Gasteiger partial charge in [0.25, 0.3) is 0 Å². The van der Waals surface area contributed by atoms with Crippen LogP contribution in [-0.4, -0.2) is 37.2 Å². The first kappa shape index (κ1) is 71.3.